The molecule has 1 atom stereocenters. The number of alkyl halides is 3. The lowest BCUT2D eigenvalue weighted by Crippen LogP contribution is -2.27. The number of rotatable bonds is 4. The molecule has 0 aliphatic heterocycles. The van der Waals surface area contributed by atoms with Gasteiger partial charge in [-0.2, -0.15) is 22.7 Å². The molecule has 29 heavy (non-hydrogen) atoms. The fourth-order valence-corrected chi connectivity index (χ4v) is 3.17. The highest BCUT2D eigenvalue weighted by molar-refractivity contribution is 5.48. The Bertz CT molecular complexity index is 1030. The van der Waals surface area contributed by atoms with Crippen LogP contribution in [0.4, 0.5) is 23.4 Å². The van der Waals surface area contributed by atoms with Gasteiger partial charge in [-0.05, 0) is 30.0 Å². The van der Waals surface area contributed by atoms with Crippen molar-refractivity contribution in [3.8, 4) is 0 Å². The largest absolute Gasteiger partial charge is 0.419 e. The van der Waals surface area contributed by atoms with Gasteiger partial charge in [0, 0.05) is 18.2 Å². The molecular formula is C20H23F4N5. The van der Waals surface area contributed by atoms with Gasteiger partial charge in [-0.15, -0.1) is 5.10 Å². The van der Waals surface area contributed by atoms with Gasteiger partial charge in [-0.3, -0.25) is 0 Å². The molecule has 1 N–H and O–H groups in total. The summed E-state index contributed by atoms with van der Waals surface area (Å²) < 4.78 is 54.6. The maximum absolute atomic E-state index is 14.2. The lowest BCUT2D eigenvalue weighted by molar-refractivity contribution is -0.140. The first kappa shape index (κ1) is 21.0. The third-order valence-corrected chi connectivity index (χ3v) is 4.59. The Hall–Kier alpha value is -2.71. The van der Waals surface area contributed by atoms with E-state index in [1.807, 2.05) is 34.6 Å². The molecule has 2 aromatic heterocycles. The van der Waals surface area contributed by atoms with Crippen LogP contribution in [0.2, 0.25) is 0 Å². The van der Waals surface area contributed by atoms with Gasteiger partial charge in [-0.25, -0.2) is 9.37 Å². The Morgan fingerprint density at radius 3 is 2.34 bits per heavy atom. The van der Waals surface area contributed by atoms with E-state index in [1.165, 1.54) is 6.07 Å². The topological polar surface area (TPSA) is 55.1 Å². The summed E-state index contributed by atoms with van der Waals surface area (Å²) >= 11 is 0. The SMILES string of the molecule is CCc1nc2nc(C)cc(NC(c3ccc(C(F)(F)F)c(F)c3)C(C)(C)C)n2n1. The highest BCUT2D eigenvalue weighted by Crippen LogP contribution is 2.38. The molecule has 0 amide bonds. The number of anilines is 1. The van der Waals surface area contributed by atoms with Gasteiger partial charge < -0.3 is 5.32 Å². The second kappa shape index (κ2) is 7.27. The van der Waals surface area contributed by atoms with E-state index in [-0.39, 0.29) is 0 Å². The molecule has 5 nitrogen and oxygen atoms in total. The summed E-state index contributed by atoms with van der Waals surface area (Å²) in [5, 5.41) is 7.74. The zero-order valence-corrected chi connectivity index (χ0v) is 16.9. The van der Waals surface area contributed by atoms with Gasteiger partial charge in [0.2, 0.25) is 0 Å². The van der Waals surface area contributed by atoms with Crippen LogP contribution in [0.5, 0.6) is 0 Å². The zero-order chi connectivity index (χ0) is 21.6. The van der Waals surface area contributed by atoms with Crippen molar-refractivity contribution in [1.29, 1.82) is 0 Å². The third-order valence-electron chi connectivity index (χ3n) is 4.59. The first-order chi connectivity index (χ1) is 13.4. The van der Waals surface area contributed by atoms with E-state index in [0.717, 1.165) is 12.1 Å². The van der Waals surface area contributed by atoms with Crippen LogP contribution in [0.15, 0.2) is 24.3 Å². The summed E-state index contributed by atoms with van der Waals surface area (Å²) in [6.45, 7) is 9.51. The van der Waals surface area contributed by atoms with Gasteiger partial charge in [0.25, 0.3) is 5.78 Å². The van der Waals surface area contributed by atoms with Gasteiger partial charge in [0.05, 0.1) is 11.6 Å². The first-order valence-electron chi connectivity index (χ1n) is 9.26. The predicted octanol–water partition coefficient (Wildman–Crippen LogP) is 5.35. The number of benzene rings is 1. The molecule has 1 unspecified atom stereocenters. The second-order valence-electron chi connectivity index (χ2n) is 8.06. The quantitative estimate of drug-likeness (QED) is 0.590. The van der Waals surface area contributed by atoms with Crippen molar-refractivity contribution < 1.29 is 17.6 Å². The molecule has 0 saturated heterocycles. The second-order valence-corrected chi connectivity index (χ2v) is 8.06. The number of aromatic nitrogens is 4. The van der Waals surface area contributed by atoms with Crippen LogP contribution in [0.25, 0.3) is 5.78 Å². The minimum absolute atomic E-state index is 0.404. The van der Waals surface area contributed by atoms with E-state index in [4.69, 9.17) is 0 Å². The molecule has 156 valence electrons. The molecule has 2 heterocycles. The van der Waals surface area contributed by atoms with Crippen molar-refractivity contribution in [3.05, 3.63) is 52.7 Å². The lowest BCUT2D eigenvalue weighted by Gasteiger charge is -2.33. The summed E-state index contributed by atoms with van der Waals surface area (Å²) in [4.78, 5) is 8.73. The molecule has 3 aromatic rings. The fourth-order valence-electron chi connectivity index (χ4n) is 3.17. The monoisotopic (exact) mass is 409 g/mol. The van der Waals surface area contributed by atoms with E-state index < -0.39 is 29.0 Å². The number of fused-ring (bicyclic) bond motifs is 1. The summed E-state index contributed by atoms with van der Waals surface area (Å²) in [6.07, 6.45) is -4.10. The van der Waals surface area contributed by atoms with Crippen LogP contribution in [-0.4, -0.2) is 19.6 Å². The minimum Gasteiger partial charge on any atom is -0.363 e. The van der Waals surface area contributed by atoms with E-state index in [1.54, 1.807) is 10.6 Å². The van der Waals surface area contributed by atoms with Crippen molar-refractivity contribution in [2.45, 2.75) is 53.3 Å². The molecule has 9 heteroatoms. The molecule has 0 saturated carbocycles. The maximum Gasteiger partial charge on any atom is 0.419 e. The summed E-state index contributed by atoms with van der Waals surface area (Å²) in [6, 6.07) is 4.32. The van der Waals surface area contributed by atoms with Gasteiger partial charge in [0.1, 0.15) is 11.6 Å². The van der Waals surface area contributed by atoms with E-state index >= 15 is 0 Å². The minimum atomic E-state index is -4.74. The third kappa shape index (κ3) is 4.33. The number of hydrogen-bond donors (Lipinski definition) is 1. The Balaban J connectivity index is 2.07. The normalized spacial score (nSPS) is 13.7. The van der Waals surface area contributed by atoms with Crippen LogP contribution in [0.3, 0.4) is 0 Å². The average Bonchev–Trinajstić information content (AvgIpc) is 3.00. The molecule has 0 aliphatic rings. The molecule has 0 aliphatic carbocycles. The smallest absolute Gasteiger partial charge is 0.363 e. The van der Waals surface area contributed by atoms with Gasteiger partial charge in [0.15, 0.2) is 5.82 Å². The molecule has 0 radical (unpaired) electrons. The summed E-state index contributed by atoms with van der Waals surface area (Å²) in [5.41, 5.74) is -0.605. The Morgan fingerprint density at radius 1 is 1.10 bits per heavy atom. The van der Waals surface area contributed by atoms with Crippen molar-refractivity contribution in [2.75, 3.05) is 5.32 Å². The standard InChI is InChI=1S/C20H23F4N5/c1-6-15-26-18-25-11(2)9-16(29(18)28-15)27-17(19(3,4)5)12-7-8-13(14(21)10-12)20(22,23)24/h7-10,17,27H,6H2,1-5H3. The Morgan fingerprint density at radius 2 is 1.79 bits per heavy atom. The lowest BCUT2D eigenvalue weighted by atomic mass is 9.82. The average molecular weight is 409 g/mol. The molecule has 1 aromatic carbocycles. The van der Waals surface area contributed by atoms with Gasteiger partial charge >= 0.3 is 6.18 Å². The molecule has 0 fully saturated rings. The zero-order valence-electron chi connectivity index (χ0n) is 16.9. The summed E-state index contributed by atoms with van der Waals surface area (Å²) in [7, 11) is 0. The maximum atomic E-state index is 14.2. The first-order valence-corrected chi connectivity index (χ1v) is 9.26. The molecule has 0 spiro atoms. The van der Waals surface area contributed by atoms with Crippen molar-refractivity contribution in [3.63, 3.8) is 0 Å². The Kier molecular flexibility index (Phi) is 5.27. The Labute approximate surface area is 166 Å². The van der Waals surface area contributed by atoms with Crippen LogP contribution in [0, 0.1) is 18.2 Å². The van der Waals surface area contributed by atoms with Crippen LogP contribution >= 0.6 is 0 Å². The van der Waals surface area contributed by atoms with Crippen LogP contribution in [-0.2, 0) is 12.6 Å². The van der Waals surface area contributed by atoms with E-state index in [9.17, 15) is 17.6 Å². The molecule has 3 rings (SSSR count). The highest BCUT2D eigenvalue weighted by atomic mass is 19.4. The molecular weight excluding hydrogens is 386 g/mol. The number of nitrogens with one attached hydrogen (secondary N) is 1. The predicted molar refractivity (Wildman–Crippen MR) is 102 cm³/mol. The highest BCUT2D eigenvalue weighted by Gasteiger charge is 2.35. The van der Waals surface area contributed by atoms with E-state index in [0.29, 0.717) is 35.1 Å². The van der Waals surface area contributed by atoms with E-state index in [2.05, 4.69) is 20.4 Å². The van der Waals surface area contributed by atoms with Crippen molar-refractivity contribution in [2.24, 2.45) is 5.41 Å². The van der Waals surface area contributed by atoms with Crippen molar-refractivity contribution in [1.82, 2.24) is 19.6 Å². The summed E-state index contributed by atoms with van der Waals surface area (Å²) in [5.74, 6) is 0.339. The fraction of sp³-hybridized carbons (Fsp3) is 0.450. The van der Waals surface area contributed by atoms with Gasteiger partial charge in [-0.1, -0.05) is 33.8 Å². The number of aryl methyl sites for hydroxylation is 2. The molecule has 0 bridgehead atoms. The van der Waals surface area contributed by atoms with Crippen molar-refractivity contribution >= 4 is 11.6 Å². The number of halogens is 4. The number of hydrogen-bond acceptors (Lipinski definition) is 4. The van der Waals surface area contributed by atoms with Crippen LogP contribution < -0.4 is 5.32 Å². The number of nitrogens with zero attached hydrogens (tertiary/aromatic N) is 4. The van der Waals surface area contributed by atoms with Crippen LogP contribution in [0.1, 0.15) is 56.4 Å².